The van der Waals surface area contributed by atoms with Crippen LogP contribution < -0.4 is 10.6 Å². The van der Waals surface area contributed by atoms with Crippen molar-refractivity contribution in [1.82, 2.24) is 25.6 Å². The third-order valence-corrected chi connectivity index (χ3v) is 5.75. The van der Waals surface area contributed by atoms with Gasteiger partial charge in [0.05, 0.1) is 16.9 Å². The number of amides is 2. The van der Waals surface area contributed by atoms with E-state index in [0.717, 1.165) is 24.6 Å². The minimum atomic E-state index is -0.347. The molecule has 0 aliphatic heterocycles. The Balaban J connectivity index is 1.49. The molecule has 0 unspecified atom stereocenters. The Bertz CT molecular complexity index is 1280. The van der Waals surface area contributed by atoms with Crippen LogP contribution in [0.5, 0.6) is 0 Å². The molecule has 2 aromatic heterocycles. The van der Waals surface area contributed by atoms with Crippen molar-refractivity contribution >= 4 is 45.7 Å². The first kappa shape index (κ1) is 23.4. The maximum absolute atomic E-state index is 13.0. The van der Waals surface area contributed by atoms with Crippen LogP contribution >= 0.6 is 11.6 Å². The van der Waals surface area contributed by atoms with Crippen LogP contribution in [0.2, 0.25) is 5.02 Å². The van der Waals surface area contributed by atoms with Gasteiger partial charge in [0.25, 0.3) is 5.91 Å². The molecule has 10 heteroatoms. The predicted molar refractivity (Wildman–Crippen MR) is 133 cm³/mol. The SMILES string of the molecule is CCCCCCCC(=O)Nc1cccc2cc(C(=O)Nc3ccc(Cl)cc3-c3nnn[nH]3)[nH]c12. The van der Waals surface area contributed by atoms with E-state index in [4.69, 9.17) is 11.6 Å². The number of rotatable bonds is 10. The number of nitrogens with zero attached hydrogens (tertiary/aromatic N) is 3. The van der Waals surface area contributed by atoms with Crippen molar-refractivity contribution < 1.29 is 9.59 Å². The van der Waals surface area contributed by atoms with Gasteiger partial charge in [0.2, 0.25) is 5.91 Å². The van der Waals surface area contributed by atoms with Gasteiger partial charge < -0.3 is 15.6 Å². The molecular formula is C24H26ClN7O2. The summed E-state index contributed by atoms with van der Waals surface area (Å²) in [5.41, 5.74) is 2.77. The van der Waals surface area contributed by atoms with Crippen LogP contribution in [0.15, 0.2) is 42.5 Å². The summed E-state index contributed by atoms with van der Waals surface area (Å²) in [6.07, 6.45) is 5.91. The first-order chi connectivity index (χ1) is 16.5. The molecule has 0 atom stereocenters. The summed E-state index contributed by atoms with van der Waals surface area (Å²) in [5, 5.41) is 20.9. The number of para-hydroxylation sites is 1. The van der Waals surface area contributed by atoms with Crippen LogP contribution in [0.1, 0.15) is 55.9 Å². The smallest absolute Gasteiger partial charge is 0.272 e. The number of benzene rings is 2. The van der Waals surface area contributed by atoms with Crippen LogP contribution in [-0.4, -0.2) is 37.4 Å². The number of tetrazole rings is 1. The summed E-state index contributed by atoms with van der Waals surface area (Å²) in [6.45, 7) is 2.17. The fourth-order valence-corrected chi connectivity index (χ4v) is 3.94. The van der Waals surface area contributed by atoms with Crippen LogP contribution in [0.4, 0.5) is 11.4 Å². The van der Waals surface area contributed by atoms with E-state index in [1.165, 1.54) is 12.8 Å². The fourth-order valence-electron chi connectivity index (χ4n) is 3.77. The van der Waals surface area contributed by atoms with Gasteiger partial charge in [-0.2, -0.15) is 0 Å². The average Bonchev–Trinajstić information content (AvgIpc) is 3.51. The average molecular weight is 480 g/mol. The molecule has 4 rings (SSSR count). The van der Waals surface area contributed by atoms with Gasteiger partial charge >= 0.3 is 0 Å². The molecule has 0 spiro atoms. The minimum absolute atomic E-state index is 0.0314. The Kier molecular flexibility index (Phi) is 7.54. The molecule has 9 nitrogen and oxygen atoms in total. The number of hydrogen-bond acceptors (Lipinski definition) is 5. The van der Waals surface area contributed by atoms with Crippen molar-refractivity contribution in [2.45, 2.75) is 45.4 Å². The molecule has 2 amide bonds. The number of H-pyrrole nitrogens is 2. The van der Waals surface area contributed by atoms with Gasteiger partial charge in [-0.25, -0.2) is 5.10 Å². The molecule has 0 saturated heterocycles. The lowest BCUT2D eigenvalue weighted by atomic mass is 10.1. The van der Waals surface area contributed by atoms with E-state index in [1.807, 2.05) is 18.2 Å². The standard InChI is InChI=1S/C24H26ClN7O2/c1-2-3-4-5-6-10-21(33)26-19-9-7-8-15-13-20(27-22(15)19)24(34)28-18-12-11-16(25)14-17(18)23-29-31-32-30-23/h7-9,11-14,27H,2-6,10H2,1H3,(H,26,33)(H,28,34)(H,29,30,31,32). The molecule has 4 aromatic rings. The minimum Gasteiger partial charge on any atom is -0.349 e. The van der Waals surface area contributed by atoms with Crippen LogP contribution in [0.25, 0.3) is 22.3 Å². The summed E-state index contributed by atoms with van der Waals surface area (Å²) < 4.78 is 0. The molecule has 176 valence electrons. The zero-order chi connectivity index (χ0) is 23.9. The molecule has 0 aliphatic rings. The number of fused-ring (bicyclic) bond motifs is 1. The van der Waals surface area contributed by atoms with E-state index in [0.29, 0.717) is 45.4 Å². The molecule has 2 heterocycles. The largest absolute Gasteiger partial charge is 0.349 e. The number of hydrogen-bond donors (Lipinski definition) is 4. The first-order valence-corrected chi connectivity index (χ1v) is 11.7. The van der Waals surface area contributed by atoms with E-state index < -0.39 is 0 Å². The summed E-state index contributed by atoms with van der Waals surface area (Å²) in [6, 6.07) is 12.3. The normalized spacial score (nSPS) is 11.0. The van der Waals surface area contributed by atoms with Gasteiger partial charge in [-0.15, -0.1) is 5.10 Å². The Morgan fingerprint density at radius 1 is 1.00 bits per heavy atom. The first-order valence-electron chi connectivity index (χ1n) is 11.3. The number of halogens is 1. The van der Waals surface area contributed by atoms with Crippen LogP contribution in [0, 0.1) is 0 Å². The highest BCUT2D eigenvalue weighted by Gasteiger charge is 2.16. The molecule has 0 radical (unpaired) electrons. The number of anilines is 2. The summed E-state index contributed by atoms with van der Waals surface area (Å²) in [5.74, 6) is 0.00524. The van der Waals surface area contributed by atoms with Gasteiger partial charge in [0.15, 0.2) is 5.82 Å². The summed E-state index contributed by atoms with van der Waals surface area (Å²) >= 11 is 6.12. The number of unbranched alkanes of at least 4 members (excludes halogenated alkanes) is 4. The Morgan fingerprint density at radius 3 is 2.65 bits per heavy atom. The highest BCUT2D eigenvalue weighted by Crippen LogP contribution is 2.29. The maximum atomic E-state index is 13.0. The highest BCUT2D eigenvalue weighted by molar-refractivity contribution is 6.31. The van der Waals surface area contributed by atoms with E-state index in [1.54, 1.807) is 24.3 Å². The number of carbonyl (C=O) groups excluding carboxylic acids is 2. The second-order valence-corrected chi connectivity index (χ2v) is 8.50. The van der Waals surface area contributed by atoms with Gasteiger partial charge in [-0.3, -0.25) is 9.59 Å². The van der Waals surface area contributed by atoms with E-state index in [2.05, 4.69) is 43.2 Å². The monoisotopic (exact) mass is 479 g/mol. The Morgan fingerprint density at radius 2 is 1.85 bits per heavy atom. The van der Waals surface area contributed by atoms with Crippen molar-refractivity contribution in [2.24, 2.45) is 0 Å². The number of aromatic amines is 2. The second-order valence-electron chi connectivity index (χ2n) is 8.06. The van der Waals surface area contributed by atoms with Gasteiger partial charge in [-0.05, 0) is 47.2 Å². The zero-order valence-corrected chi connectivity index (χ0v) is 19.6. The third kappa shape index (κ3) is 5.60. The highest BCUT2D eigenvalue weighted by atomic mass is 35.5. The van der Waals surface area contributed by atoms with Crippen molar-refractivity contribution in [3.8, 4) is 11.4 Å². The lowest BCUT2D eigenvalue weighted by Crippen LogP contribution is -2.13. The molecule has 0 bridgehead atoms. The molecule has 0 aliphatic carbocycles. The lowest BCUT2D eigenvalue weighted by Gasteiger charge is -2.09. The number of aromatic nitrogens is 5. The molecule has 0 fully saturated rings. The van der Waals surface area contributed by atoms with Gasteiger partial charge in [-0.1, -0.05) is 56.3 Å². The summed E-state index contributed by atoms with van der Waals surface area (Å²) in [7, 11) is 0. The predicted octanol–water partition coefficient (Wildman–Crippen LogP) is 5.55. The maximum Gasteiger partial charge on any atom is 0.272 e. The van der Waals surface area contributed by atoms with E-state index in [-0.39, 0.29) is 11.8 Å². The van der Waals surface area contributed by atoms with Crippen molar-refractivity contribution in [2.75, 3.05) is 10.6 Å². The quantitative estimate of drug-likeness (QED) is 0.221. The topological polar surface area (TPSA) is 128 Å². The number of carbonyl (C=O) groups is 2. The molecule has 4 N–H and O–H groups in total. The fraction of sp³-hybridized carbons (Fsp3) is 0.292. The van der Waals surface area contributed by atoms with Crippen molar-refractivity contribution in [3.05, 3.63) is 53.2 Å². The van der Waals surface area contributed by atoms with Crippen LogP contribution in [0.3, 0.4) is 0 Å². The van der Waals surface area contributed by atoms with Gasteiger partial charge in [0, 0.05) is 22.4 Å². The third-order valence-electron chi connectivity index (χ3n) is 5.51. The van der Waals surface area contributed by atoms with Crippen molar-refractivity contribution in [3.63, 3.8) is 0 Å². The summed E-state index contributed by atoms with van der Waals surface area (Å²) in [4.78, 5) is 28.6. The van der Waals surface area contributed by atoms with Crippen LogP contribution in [-0.2, 0) is 4.79 Å². The van der Waals surface area contributed by atoms with Gasteiger partial charge in [0.1, 0.15) is 5.69 Å². The van der Waals surface area contributed by atoms with E-state index >= 15 is 0 Å². The molecule has 2 aromatic carbocycles. The van der Waals surface area contributed by atoms with E-state index in [9.17, 15) is 9.59 Å². The Labute approximate surface area is 201 Å². The Hall–Kier alpha value is -3.72. The van der Waals surface area contributed by atoms with Crippen molar-refractivity contribution in [1.29, 1.82) is 0 Å². The molecular weight excluding hydrogens is 454 g/mol. The lowest BCUT2D eigenvalue weighted by molar-refractivity contribution is -0.116. The molecule has 0 saturated carbocycles. The molecule has 34 heavy (non-hydrogen) atoms. The number of nitrogens with one attached hydrogen (secondary N) is 4. The zero-order valence-electron chi connectivity index (χ0n) is 18.8. The second kappa shape index (κ2) is 10.9.